The van der Waals surface area contributed by atoms with Crippen molar-refractivity contribution in [2.24, 2.45) is 0 Å². The topological polar surface area (TPSA) is 59.0 Å². The lowest BCUT2D eigenvalue weighted by Crippen LogP contribution is -2.22. The van der Waals surface area contributed by atoms with Gasteiger partial charge in [0, 0.05) is 12.6 Å². The van der Waals surface area contributed by atoms with Gasteiger partial charge in [-0.15, -0.1) is 0 Å². The van der Waals surface area contributed by atoms with Crippen LogP contribution in [0.4, 0.5) is 0 Å². The molecule has 0 heterocycles. The summed E-state index contributed by atoms with van der Waals surface area (Å²) < 4.78 is 11.0. The highest BCUT2D eigenvalue weighted by atomic mass is 16.5. The Kier molecular flexibility index (Phi) is 5.17. The van der Waals surface area contributed by atoms with Gasteiger partial charge >= 0.3 is 0 Å². The minimum Gasteiger partial charge on any atom is -0.490 e. The molecule has 5 nitrogen and oxygen atoms in total. The van der Waals surface area contributed by atoms with E-state index in [1.807, 2.05) is 30.3 Å². The standard InChI is InChI=1S/C16H17NO4/c1-17(19)16(18)13-7-9-15(10-8-13)21-12-11-20-14-5-3-2-4-6-14/h2-10,19H,11-12H2,1H3. The number of ether oxygens (including phenoxy) is 2. The van der Waals surface area contributed by atoms with E-state index in [1.54, 1.807) is 24.3 Å². The van der Waals surface area contributed by atoms with E-state index >= 15 is 0 Å². The van der Waals surface area contributed by atoms with Crippen LogP contribution in [-0.2, 0) is 0 Å². The molecule has 0 aliphatic carbocycles. The third kappa shape index (κ3) is 4.50. The molecule has 21 heavy (non-hydrogen) atoms. The van der Waals surface area contributed by atoms with Crippen LogP contribution in [0.25, 0.3) is 0 Å². The van der Waals surface area contributed by atoms with Crippen molar-refractivity contribution in [1.29, 1.82) is 0 Å². The lowest BCUT2D eigenvalue weighted by Gasteiger charge is -2.10. The van der Waals surface area contributed by atoms with Crippen LogP contribution in [-0.4, -0.2) is 36.4 Å². The van der Waals surface area contributed by atoms with Crippen LogP contribution in [0.15, 0.2) is 54.6 Å². The van der Waals surface area contributed by atoms with Gasteiger partial charge in [0.2, 0.25) is 0 Å². The Hall–Kier alpha value is -2.53. The van der Waals surface area contributed by atoms with Crippen molar-refractivity contribution < 1.29 is 19.5 Å². The van der Waals surface area contributed by atoms with Crippen LogP contribution in [0.1, 0.15) is 10.4 Å². The molecule has 0 bridgehead atoms. The van der Waals surface area contributed by atoms with E-state index in [9.17, 15) is 4.79 Å². The van der Waals surface area contributed by atoms with Gasteiger partial charge in [-0.25, -0.2) is 5.06 Å². The molecule has 0 aliphatic rings. The van der Waals surface area contributed by atoms with Gasteiger partial charge in [-0.1, -0.05) is 18.2 Å². The van der Waals surface area contributed by atoms with Gasteiger partial charge in [0.05, 0.1) is 0 Å². The summed E-state index contributed by atoms with van der Waals surface area (Å²) in [5.74, 6) is 0.978. The highest BCUT2D eigenvalue weighted by molar-refractivity contribution is 5.93. The van der Waals surface area contributed by atoms with E-state index in [0.717, 1.165) is 5.75 Å². The number of carbonyl (C=O) groups excluding carboxylic acids is 1. The molecule has 0 atom stereocenters. The quantitative estimate of drug-likeness (QED) is 0.504. The van der Waals surface area contributed by atoms with E-state index in [0.29, 0.717) is 29.6 Å². The van der Waals surface area contributed by atoms with Gasteiger partial charge in [-0.2, -0.15) is 0 Å². The lowest BCUT2D eigenvalue weighted by molar-refractivity contribution is -0.0374. The molecule has 2 aromatic rings. The maximum Gasteiger partial charge on any atom is 0.276 e. The highest BCUT2D eigenvalue weighted by Gasteiger charge is 2.08. The van der Waals surface area contributed by atoms with Crippen molar-refractivity contribution in [3.63, 3.8) is 0 Å². The average Bonchev–Trinajstić information content (AvgIpc) is 2.52. The average molecular weight is 287 g/mol. The first-order valence-electron chi connectivity index (χ1n) is 6.54. The van der Waals surface area contributed by atoms with Gasteiger partial charge in [0.15, 0.2) is 0 Å². The Morgan fingerprint density at radius 1 is 0.952 bits per heavy atom. The van der Waals surface area contributed by atoms with E-state index in [1.165, 1.54) is 7.05 Å². The maximum atomic E-state index is 11.5. The second kappa shape index (κ2) is 7.31. The summed E-state index contributed by atoms with van der Waals surface area (Å²) in [7, 11) is 1.29. The fraction of sp³-hybridized carbons (Fsp3) is 0.188. The second-order valence-corrected chi connectivity index (χ2v) is 4.36. The second-order valence-electron chi connectivity index (χ2n) is 4.36. The van der Waals surface area contributed by atoms with Crippen molar-refractivity contribution >= 4 is 5.91 Å². The van der Waals surface area contributed by atoms with E-state index in [-0.39, 0.29) is 0 Å². The minimum atomic E-state index is -0.464. The van der Waals surface area contributed by atoms with E-state index in [4.69, 9.17) is 14.7 Å². The molecule has 1 N–H and O–H groups in total. The normalized spacial score (nSPS) is 10.0. The molecule has 2 aromatic carbocycles. The van der Waals surface area contributed by atoms with Crippen LogP contribution in [0, 0.1) is 0 Å². The number of carbonyl (C=O) groups is 1. The summed E-state index contributed by atoms with van der Waals surface area (Å²) in [4.78, 5) is 11.5. The van der Waals surface area contributed by atoms with Crippen molar-refractivity contribution in [2.75, 3.05) is 20.3 Å². The monoisotopic (exact) mass is 287 g/mol. The zero-order valence-corrected chi connectivity index (χ0v) is 11.7. The number of para-hydroxylation sites is 1. The lowest BCUT2D eigenvalue weighted by atomic mass is 10.2. The van der Waals surface area contributed by atoms with Crippen LogP contribution in [0.5, 0.6) is 11.5 Å². The first-order valence-corrected chi connectivity index (χ1v) is 6.54. The Bertz CT molecular complexity index is 567. The number of amides is 1. The largest absolute Gasteiger partial charge is 0.490 e. The summed E-state index contributed by atoms with van der Waals surface area (Å²) in [6, 6.07) is 16.1. The van der Waals surface area contributed by atoms with Crippen LogP contribution in [0.3, 0.4) is 0 Å². The minimum absolute atomic E-state index is 0.396. The smallest absolute Gasteiger partial charge is 0.276 e. The summed E-state index contributed by atoms with van der Waals surface area (Å²) in [5, 5.41) is 9.61. The molecular weight excluding hydrogens is 270 g/mol. The fourth-order valence-corrected chi connectivity index (χ4v) is 1.72. The Labute approximate surface area is 123 Å². The van der Waals surface area contributed by atoms with Gasteiger partial charge in [-0.3, -0.25) is 10.0 Å². The molecule has 0 aromatic heterocycles. The molecule has 1 amide bonds. The summed E-state index contributed by atoms with van der Waals surface area (Å²) in [6.07, 6.45) is 0. The number of rotatable bonds is 6. The van der Waals surface area contributed by atoms with Crippen molar-refractivity contribution in [3.05, 3.63) is 60.2 Å². The first kappa shape index (κ1) is 14.9. The Morgan fingerprint density at radius 2 is 1.48 bits per heavy atom. The van der Waals surface area contributed by atoms with Crippen LogP contribution < -0.4 is 9.47 Å². The molecule has 0 saturated heterocycles. The predicted octanol–water partition coefficient (Wildman–Crippen LogP) is 2.61. The molecule has 110 valence electrons. The predicted molar refractivity (Wildman–Crippen MR) is 77.8 cm³/mol. The number of nitrogens with zero attached hydrogens (tertiary/aromatic N) is 1. The third-order valence-corrected chi connectivity index (χ3v) is 2.76. The molecule has 0 unspecified atom stereocenters. The zero-order valence-electron chi connectivity index (χ0n) is 11.7. The summed E-state index contributed by atoms with van der Waals surface area (Å²) in [6.45, 7) is 0.839. The van der Waals surface area contributed by atoms with Gasteiger partial charge in [-0.05, 0) is 36.4 Å². The number of benzene rings is 2. The van der Waals surface area contributed by atoms with Crippen LogP contribution in [0.2, 0.25) is 0 Å². The van der Waals surface area contributed by atoms with E-state index in [2.05, 4.69) is 0 Å². The first-order chi connectivity index (χ1) is 10.2. The van der Waals surface area contributed by atoms with Crippen molar-refractivity contribution in [1.82, 2.24) is 5.06 Å². The van der Waals surface area contributed by atoms with Crippen molar-refractivity contribution in [3.8, 4) is 11.5 Å². The molecule has 5 heteroatoms. The fourth-order valence-electron chi connectivity index (χ4n) is 1.72. The van der Waals surface area contributed by atoms with Gasteiger partial charge in [0.25, 0.3) is 5.91 Å². The van der Waals surface area contributed by atoms with Gasteiger partial charge in [0.1, 0.15) is 24.7 Å². The number of hydroxylamine groups is 2. The molecule has 2 rings (SSSR count). The summed E-state index contributed by atoms with van der Waals surface area (Å²) >= 11 is 0. The summed E-state index contributed by atoms with van der Waals surface area (Å²) in [5.41, 5.74) is 0.396. The molecule has 0 saturated carbocycles. The number of hydrogen-bond donors (Lipinski definition) is 1. The van der Waals surface area contributed by atoms with Gasteiger partial charge < -0.3 is 9.47 Å². The van der Waals surface area contributed by atoms with Crippen molar-refractivity contribution in [2.45, 2.75) is 0 Å². The SMILES string of the molecule is CN(O)C(=O)c1ccc(OCCOc2ccccc2)cc1. The molecule has 0 aliphatic heterocycles. The maximum absolute atomic E-state index is 11.5. The molecule has 0 fully saturated rings. The third-order valence-electron chi connectivity index (χ3n) is 2.76. The molecular formula is C16H17NO4. The van der Waals surface area contributed by atoms with E-state index < -0.39 is 5.91 Å². The molecule has 0 radical (unpaired) electrons. The zero-order chi connectivity index (χ0) is 15.1. The Morgan fingerprint density at radius 3 is 2.00 bits per heavy atom. The number of hydrogen-bond acceptors (Lipinski definition) is 4. The van der Waals surface area contributed by atoms with Crippen LogP contribution >= 0.6 is 0 Å². The highest BCUT2D eigenvalue weighted by Crippen LogP contribution is 2.13. The molecule has 0 spiro atoms. The Balaban J connectivity index is 1.77.